The fourth-order valence-electron chi connectivity index (χ4n) is 1.25. The zero-order valence-electron chi connectivity index (χ0n) is 9.26. The summed E-state index contributed by atoms with van der Waals surface area (Å²) in [6, 6.07) is -0.234. The smallest absolute Gasteiger partial charge is 0.249 e. The van der Waals surface area contributed by atoms with Crippen LogP contribution in [0.25, 0.3) is 0 Å². The molecule has 0 saturated heterocycles. The molecule has 0 aliphatic rings. The highest BCUT2D eigenvalue weighted by molar-refractivity contribution is 9.10. The molecule has 1 aromatic rings. The number of aromatic nitrogens is 1. The molecule has 0 unspecified atom stereocenters. The van der Waals surface area contributed by atoms with Crippen LogP contribution in [0.5, 0.6) is 0 Å². The second-order valence-corrected chi connectivity index (χ2v) is 4.51. The van der Waals surface area contributed by atoms with Crippen LogP contribution in [0.3, 0.4) is 0 Å². The Labute approximate surface area is 118 Å². The first kappa shape index (κ1) is 18.0. The Morgan fingerprint density at radius 2 is 1.10 bits per heavy atom. The number of alkyl halides is 10. The lowest BCUT2D eigenvalue weighted by atomic mass is 9.98. The van der Waals surface area contributed by atoms with E-state index >= 15 is 0 Å². The number of pyridine rings is 1. The van der Waals surface area contributed by atoms with Gasteiger partial charge in [-0.05, 0) is 22.0 Å². The van der Waals surface area contributed by atoms with E-state index < -0.39 is 39.9 Å². The SMILES string of the molecule is FC(F)(F)C(F)(F)c1cnc(Br)cc1C(F)(F)C(F)(F)F. The molecule has 1 heterocycles. The van der Waals surface area contributed by atoms with Crippen molar-refractivity contribution in [2.45, 2.75) is 24.2 Å². The summed E-state index contributed by atoms with van der Waals surface area (Å²) in [5, 5.41) is 0. The van der Waals surface area contributed by atoms with Crippen molar-refractivity contribution in [2.24, 2.45) is 0 Å². The fourth-order valence-corrected chi connectivity index (χ4v) is 1.58. The third-order valence-electron chi connectivity index (χ3n) is 2.26. The summed E-state index contributed by atoms with van der Waals surface area (Å²) in [5.74, 6) is -11.8. The van der Waals surface area contributed by atoms with Crippen LogP contribution < -0.4 is 0 Å². The van der Waals surface area contributed by atoms with Crippen LogP contribution in [-0.4, -0.2) is 17.3 Å². The summed E-state index contributed by atoms with van der Waals surface area (Å²) >= 11 is 2.33. The Bertz CT molecular complexity index is 532. The van der Waals surface area contributed by atoms with Gasteiger partial charge < -0.3 is 0 Å². The number of hydrogen-bond donors (Lipinski definition) is 0. The van der Waals surface area contributed by atoms with Gasteiger partial charge in [0.25, 0.3) is 0 Å². The summed E-state index contributed by atoms with van der Waals surface area (Å²) in [5.41, 5.74) is -5.10. The van der Waals surface area contributed by atoms with Crippen LogP contribution in [0.2, 0.25) is 0 Å². The van der Waals surface area contributed by atoms with Gasteiger partial charge in [0.15, 0.2) is 0 Å². The maximum Gasteiger partial charge on any atom is 0.458 e. The molecule has 1 rings (SSSR count). The van der Waals surface area contributed by atoms with Crippen LogP contribution in [0.4, 0.5) is 43.9 Å². The Hall–Kier alpha value is -1.07. The normalized spacial score (nSPS) is 14.4. The molecule has 120 valence electrons. The summed E-state index contributed by atoms with van der Waals surface area (Å²) < 4.78 is 125. The number of hydrogen-bond acceptors (Lipinski definition) is 1. The van der Waals surface area contributed by atoms with E-state index in [-0.39, 0.29) is 12.3 Å². The minimum atomic E-state index is -6.36. The molecule has 0 aliphatic heterocycles. The molecular weight excluding hydrogens is 392 g/mol. The first-order chi connectivity index (χ1) is 9.12. The zero-order valence-corrected chi connectivity index (χ0v) is 10.8. The zero-order chi connectivity index (χ0) is 16.9. The molecule has 12 heteroatoms. The topological polar surface area (TPSA) is 12.9 Å². The average Bonchev–Trinajstić information content (AvgIpc) is 2.25. The van der Waals surface area contributed by atoms with E-state index in [0.717, 1.165) is 0 Å². The van der Waals surface area contributed by atoms with Crippen molar-refractivity contribution in [1.82, 2.24) is 4.98 Å². The third-order valence-corrected chi connectivity index (χ3v) is 2.69. The summed E-state index contributed by atoms with van der Waals surface area (Å²) in [4.78, 5) is 2.85. The molecule has 1 nitrogen and oxygen atoms in total. The Morgan fingerprint density at radius 3 is 1.48 bits per heavy atom. The molecule has 0 aliphatic carbocycles. The van der Waals surface area contributed by atoms with Gasteiger partial charge >= 0.3 is 24.2 Å². The summed E-state index contributed by atoms with van der Waals surface area (Å²) in [6.45, 7) is 0. The molecule has 1 aromatic heterocycles. The Morgan fingerprint density at radius 1 is 0.714 bits per heavy atom. The minimum Gasteiger partial charge on any atom is -0.249 e. The molecule has 0 amide bonds. The second-order valence-electron chi connectivity index (χ2n) is 3.70. The molecule has 0 spiro atoms. The summed E-state index contributed by atoms with van der Waals surface area (Å²) in [6.07, 6.45) is -13.1. The number of nitrogens with zero attached hydrogens (tertiary/aromatic N) is 1. The van der Waals surface area contributed by atoms with E-state index in [1.165, 1.54) is 0 Å². The highest BCUT2D eigenvalue weighted by Crippen LogP contribution is 2.51. The maximum absolute atomic E-state index is 13.1. The van der Waals surface area contributed by atoms with Crippen LogP contribution in [0.1, 0.15) is 11.1 Å². The van der Waals surface area contributed by atoms with Crippen molar-refractivity contribution in [3.63, 3.8) is 0 Å². The monoisotopic (exact) mass is 393 g/mol. The van der Waals surface area contributed by atoms with Gasteiger partial charge in [-0.2, -0.15) is 43.9 Å². The van der Waals surface area contributed by atoms with E-state index in [2.05, 4.69) is 20.9 Å². The molecule has 0 bridgehead atoms. The molecule has 21 heavy (non-hydrogen) atoms. The van der Waals surface area contributed by atoms with E-state index in [4.69, 9.17) is 0 Å². The van der Waals surface area contributed by atoms with E-state index in [1.807, 2.05) is 0 Å². The molecule has 0 atom stereocenters. The van der Waals surface area contributed by atoms with Gasteiger partial charge in [-0.25, -0.2) is 4.98 Å². The number of halogens is 11. The molecule has 0 N–H and O–H groups in total. The van der Waals surface area contributed by atoms with Crippen LogP contribution >= 0.6 is 15.9 Å². The predicted octanol–water partition coefficient (Wildman–Crippen LogP) is 5.15. The molecule has 0 fully saturated rings. The van der Waals surface area contributed by atoms with Crippen LogP contribution in [0, 0.1) is 0 Å². The van der Waals surface area contributed by atoms with Crippen molar-refractivity contribution in [3.8, 4) is 0 Å². The van der Waals surface area contributed by atoms with Crippen molar-refractivity contribution in [3.05, 3.63) is 28.0 Å². The van der Waals surface area contributed by atoms with E-state index in [9.17, 15) is 43.9 Å². The lowest BCUT2D eigenvalue weighted by Gasteiger charge is -2.27. The lowest BCUT2D eigenvalue weighted by molar-refractivity contribution is -0.301. The second kappa shape index (κ2) is 4.99. The highest BCUT2D eigenvalue weighted by Gasteiger charge is 2.66. The predicted molar refractivity (Wildman–Crippen MR) is 51.8 cm³/mol. The Kier molecular flexibility index (Phi) is 4.27. The van der Waals surface area contributed by atoms with Crippen molar-refractivity contribution in [2.75, 3.05) is 0 Å². The van der Waals surface area contributed by atoms with Crippen molar-refractivity contribution in [1.29, 1.82) is 0 Å². The lowest BCUT2D eigenvalue weighted by Crippen LogP contribution is -2.40. The van der Waals surface area contributed by atoms with Gasteiger partial charge in [0.05, 0.1) is 5.56 Å². The van der Waals surface area contributed by atoms with Crippen molar-refractivity contribution >= 4 is 15.9 Å². The van der Waals surface area contributed by atoms with E-state index in [0.29, 0.717) is 0 Å². The maximum atomic E-state index is 13.1. The van der Waals surface area contributed by atoms with Gasteiger partial charge in [0, 0.05) is 11.8 Å². The van der Waals surface area contributed by atoms with E-state index in [1.54, 1.807) is 0 Å². The van der Waals surface area contributed by atoms with Gasteiger partial charge in [0.2, 0.25) is 0 Å². The molecular formula is C9H2BrF10N. The summed E-state index contributed by atoms with van der Waals surface area (Å²) in [7, 11) is 0. The average molecular weight is 394 g/mol. The first-order valence-corrected chi connectivity index (χ1v) is 5.47. The van der Waals surface area contributed by atoms with Crippen molar-refractivity contribution < 1.29 is 43.9 Å². The van der Waals surface area contributed by atoms with Gasteiger partial charge in [-0.3, -0.25) is 0 Å². The van der Waals surface area contributed by atoms with Crippen LogP contribution in [0.15, 0.2) is 16.9 Å². The molecule has 0 saturated carbocycles. The first-order valence-electron chi connectivity index (χ1n) is 4.68. The van der Waals surface area contributed by atoms with Gasteiger partial charge in [-0.15, -0.1) is 0 Å². The number of rotatable bonds is 2. The van der Waals surface area contributed by atoms with Crippen LogP contribution in [-0.2, 0) is 11.8 Å². The highest BCUT2D eigenvalue weighted by atomic mass is 79.9. The standard InChI is InChI=1S/C9H2BrF10N/c10-5-1-3(6(11,12)8(15,16)17)4(2-21-5)7(13,14)9(18,19)20/h1-2H. The molecule has 0 aromatic carbocycles. The minimum absolute atomic E-state index is 0.234. The third kappa shape index (κ3) is 3.09. The van der Waals surface area contributed by atoms with Gasteiger partial charge in [0.1, 0.15) is 4.60 Å². The Balaban J connectivity index is 3.66. The molecule has 0 radical (unpaired) electrons. The van der Waals surface area contributed by atoms with Gasteiger partial charge in [-0.1, -0.05) is 0 Å². The quantitative estimate of drug-likeness (QED) is 0.500. The fraction of sp³-hybridized carbons (Fsp3) is 0.444. The largest absolute Gasteiger partial charge is 0.458 e.